The second kappa shape index (κ2) is 8.37. The summed E-state index contributed by atoms with van der Waals surface area (Å²) in [5, 5.41) is 7.71. The van der Waals surface area contributed by atoms with Crippen LogP contribution in [0.5, 0.6) is 0 Å². The molecule has 2 aromatic rings. The number of hydrogen-bond acceptors (Lipinski definition) is 3. The molecule has 1 spiro atoms. The predicted molar refractivity (Wildman–Crippen MR) is 114 cm³/mol. The van der Waals surface area contributed by atoms with Crippen molar-refractivity contribution in [3.63, 3.8) is 0 Å². The van der Waals surface area contributed by atoms with Crippen molar-refractivity contribution in [1.82, 2.24) is 25.0 Å². The van der Waals surface area contributed by atoms with Gasteiger partial charge in [-0.15, -0.1) is 24.0 Å². The summed E-state index contributed by atoms with van der Waals surface area (Å²) in [6, 6.07) is 5.98. The Bertz CT molecular complexity index is 738. The van der Waals surface area contributed by atoms with Crippen LogP contribution in [-0.2, 0) is 6.54 Å². The van der Waals surface area contributed by atoms with Crippen LogP contribution in [0.15, 0.2) is 41.8 Å². The minimum atomic E-state index is 0. The van der Waals surface area contributed by atoms with E-state index >= 15 is 0 Å². The molecule has 1 aliphatic carbocycles. The number of guanidine groups is 1. The van der Waals surface area contributed by atoms with Crippen LogP contribution in [0, 0.1) is 5.41 Å². The van der Waals surface area contributed by atoms with Crippen molar-refractivity contribution in [3.8, 4) is 5.82 Å². The van der Waals surface area contributed by atoms with E-state index in [2.05, 4.69) is 33.3 Å². The zero-order valence-electron chi connectivity index (χ0n) is 15.3. The van der Waals surface area contributed by atoms with Crippen LogP contribution in [0.1, 0.15) is 38.2 Å². The molecule has 0 unspecified atom stereocenters. The minimum absolute atomic E-state index is 0. The average molecular weight is 466 g/mol. The third kappa shape index (κ3) is 4.02. The second-order valence-electron chi connectivity index (χ2n) is 7.17. The maximum atomic E-state index is 4.89. The Morgan fingerprint density at radius 1 is 1.31 bits per heavy atom. The Kier molecular flexibility index (Phi) is 6.16. The third-order valence-corrected chi connectivity index (χ3v) is 5.45. The maximum absolute atomic E-state index is 4.89. The lowest BCUT2D eigenvalue weighted by Gasteiger charge is -2.38. The molecule has 2 aromatic heterocycles. The molecule has 4 rings (SSSR count). The van der Waals surface area contributed by atoms with Crippen LogP contribution < -0.4 is 5.32 Å². The van der Waals surface area contributed by atoms with Gasteiger partial charge >= 0.3 is 0 Å². The molecule has 140 valence electrons. The van der Waals surface area contributed by atoms with Crippen molar-refractivity contribution in [2.45, 2.75) is 39.2 Å². The van der Waals surface area contributed by atoms with Gasteiger partial charge in [-0.05, 0) is 55.4 Å². The highest BCUT2D eigenvalue weighted by molar-refractivity contribution is 14.0. The van der Waals surface area contributed by atoms with Gasteiger partial charge in [0, 0.05) is 38.2 Å². The van der Waals surface area contributed by atoms with Crippen molar-refractivity contribution in [3.05, 3.63) is 42.4 Å². The van der Waals surface area contributed by atoms with Gasteiger partial charge < -0.3 is 10.2 Å². The first kappa shape index (κ1) is 19.1. The molecule has 2 fully saturated rings. The smallest absolute Gasteiger partial charge is 0.194 e. The first-order chi connectivity index (χ1) is 12.3. The summed E-state index contributed by atoms with van der Waals surface area (Å²) in [5.41, 5.74) is 1.73. The standard InChI is InChI=1S/C19H26N6.HI/c1-2-20-18(24-12-8-19(15-24)6-3-7-19)22-14-16-5-10-21-17(13-16)25-11-4-9-23-25;/h4-5,9-11,13H,2-3,6-8,12,14-15H2,1H3,(H,20,22);1H. The van der Waals surface area contributed by atoms with Crippen molar-refractivity contribution in [2.24, 2.45) is 10.4 Å². The van der Waals surface area contributed by atoms with E-state index in [1.54, 1.807) is 10.9 Å². The Labute approximate surface area is 172 Å². The fourth-order valence-electron chi connectivity index (χ4n) is 3.88. The lowest BCUT2D eigenvalue weighted by Crippen LogP contribution is -2.42. The average Bonchev–Trinajstić information content (AvgIpc) is 3.28. The second-order valence-corrected chi connectivity index (χ2v) is 7.17. The summed E-state index contributed by atoms with van der Waals surface area (Å²) >= 11 is 0. The van der Waals surface area contributed by atoms with Gasteiger partial charge in [0.05, 0.1) is 6.54 Å². The molecule has 1 saturated heterocycles. The largest absolute Gasteiger partial charge is 0.357 e. The van der Waals surface area contributed by atoms with Gasteiger partial charge in [-0.1, -0.05) is 6.42 Å². The predicted octanol–water partition coefficient (Wildman–Crippen LogP) is 3.23. The Balaban J connectivity index is 0.00000196. The van der Waals surface area contributed by atoms with E-state index < -0.39 is 0 Å². The van der Waals surface area contributed by atoms with Crippen molar-refractivity contribution < 1.29 is 0 Å². The van der Waals surface area contributed by atoms with Gasteiger partial charge in [-0.2, -0.15) is 5.10 Å². The lowest BCUT2D eigenvalue weighted by atomic mass is 9.68. The highest BCUT2D eigenvalue weighted by Crippen LogP contribution is 2.47. The van der Waals surface area contributed by atoms with Crippen LogP contribution in [0.4, 0.5) is 0 Å². The zero-order valence-corrected chi connectivity index (χ0v) is 17.6. The van der Waals surface area contributed by atoms with Gasteiger partial charge in [0.25, 0.3) is 0 Å². The Hall–Kier alpha value is -1.64. The van der Waals surface area contributed by atoms with Crippen LogP contribution in [0.3, 0.4) is 0 Å². The molecule has 0 radical (unpaired) electrons. The molecular formula is C19H27IN6. The van der Waals surface area contributed by atoms with Crippen molar-refractivity contribution in [2.75, 3.05) is 19.6 Å². The summed E-state index contributed by atoms with van der Waals surface area (Å²) in [4.78, 5) is 11.7. The molecule has 0 amide bonds. The molecule has 26 heavy (non-hydrogen) atoms. The highest BCUT2D eigenvalue weighted by Gasteiger charge is 2.43. The first-order valence-electron chi connectivity index (χ1n) is 9.26. The first-order valence-corrected chi connectivity index (χ1v) is 9.26. The van der Waals surface area contributed by atoms with E-state index in [9.17, 15) is 0 Å². The summed E-state index contributed by atoms with van der Waals surface area (Å²) in [7, 11) is 0. The number of nitrogens with zero attached hydrogens (tertiary/aromatic N) is 5. The fourth-order valence-corrected chi connectivity index (χ4v) is 3.88. The van der Waals surface area contributed by atoms with Gasteiger partial charge in [-0.25, -0.2) is 14.7 Å². The van der Waals surface area contributed by atoms with E-state index in [4.69, 9.17) is 4.99 Å². The molecule has 0 aromatic carbocycles. The molecule has 2 aliphatic rings. The van der Waals surface area contributed by atoms with Gasteiger partial charge in [0.1, 0.15) is 0 Å². The zero-order chi connectivity index (χ0) is 17.1. The number of aromatic nitrogens is 3. The fraction of sp³-hybridized carbons (Fsp3) is 0.526. The van der Waals surface area contributed by atoms with E-state index in [1.165, 1.54) is 25.7 Å². The number of hydrogen-bond donors (Lipinski definition) is 1. The SMILES string of the molecule is CCNC(=NCc1ccnc(-n2cccn2)c1)N1CCC2(CCC2)C1.I. The molecule has 3 heterocycles. The molecular weight excluding hydrogens is 439 g/mol. The number of aliphatic imine (C=N–C) groups is 1. The quantitative estimate of drug-likeness (QED) is 0.427. The summed E-state index contributed by atoms with van der Waals surface area (Å²) in [5.74, 6) is 1.88. The summed E-state index contributed by atoms with van der Waals surface area (Å²) in [6.07, 6.45) is 11.0. The highest BCUT2D eigenvalue weighted by atomic mass is 127. The molecule has 0 bridgehead atoms. The van der Waals surface area contributed by atoms with Gasteiger partial charge in [0.15, 0.2) is 11.8 Å². The van der Waals surface area contributed by atoms with Gasteiger partial charge in [0.2, 0.25) is 0 Å². The molecule has 1 saturated carbocycles. The number of likely N-dealkylation sites (tertiary alicyclic amines) is 1. The van der Waals surface area contributed by atoms with E-state index in [0.717, 1.165) is 37.0 Å². The van der Waals surface area contributed by atoms with Crippen LogP contribution in [0.2, 0.25) is 0 Å². The minimum Gasteiger partial charge on any atom is -0.357 e. The topological polar surface area (TPSA) is 58.3 Å². The third-order valence-electron chi connectivity index (χ3n) is 5.45. The van der Waals surface area contributed by atoms with Crippen molar-refractivity contribution in [1.29, 1.82) is 0 Å². The van der Waals surface area contributed by atoms with E-state index in [0.29, 0.717) is 12.0 Å². The normalized spacial score (nSPS) is 18.5. The molecule has 1 N–H and O–H groups in total. The number of nitrogens with one attached hydrogen (secondary N) is 1. The van der Waals surface area contributed by atoms with Crippen molar-refractivity contribution >= 4 is 29.9 Å². The van der Waals surface area contributed by atoms with Gasteiger partial charge in [-0.3, -0.25) is 0 Å². The Morgan fingerprint density at radius 2 is 2.19 bits per heavy atom. The van der Waals surface area contributed by atoms with E-state index in [1.807, 2.05) is 24.5 Å². The molecule has 0 atom stereocenters. The molecule has 1 aliphatic heterocycles. The number of halogens is 1. The number of rotatable bonds is 4. The lowest BCUT2D eigenvalue weighted by molar-refractivity contribution is 0.151. The van der Waals surface area contributed by atoms with E-state index in [-0.39, 0.29) is 24.0 Å². The maximum Gasteiger partial charge on any atom is 0.194 e. The molecule has 6 nitrogen and oxygen atoms in total. The Morgan fingerprint density at radius 3 is 2.85 bits per heavy atom. The summed E-state index contributed by atoms with van der Waals surface area (Å²) < 4.78 is 1.78. The van der Waals surface area contributed by atoms with Crippen LogP contribution in [0.25, 0.3) is 5.82 Å². The summed E-state index contributed by atoms with van der Waals surface area (Å²) in [6.45, 7) is 5.97. The molecule has 7 heteroatoms. The monoisotopic (exact) mass is 466 g/mol. The van der Waals surface area contributed by atoms with Crippen LogP contribution in [-0.4, -0.2) is 45.3 Å². The van der Waals surface area contributed by atoms with Crippen LogP contribution >= 0.6 is 24.0 Å². The number of pyridine rings is 1.